The molecule has 2 aromatic heterocycles. The van der Waals surface area contributed by atoms with Crippen LogP contribution in [0.3, 0.4) is 0 Å². The predicted molar refractivity (Wildman–Crippen MR) is 110 cm³/mol. The Morgan fingerprint density at radius 3 is 2.54 bits per heavy atom. The Balaban J connectivity index is 1.52. The fourth-order valence-electron chi connectivity index (χ4n) is 4.16. The molecule has 28 heavy (non-hydrogen) atoms. The average Bonchev–Trinajstić information content (AvgIpc) is 3.10. The maximum atomic E-state index is 12.7. The lowest BCUT2D eigenvalue weighted by atomic mass is 9.95. The van der Waals surface area contributed by atoms with Crippen LogP contribution in [0.1, 0.15) is 73.6 Å². The Hall–Kier alpha value is -1.60. The summed E-state index contributed by atoms with van der Waals surface area (Å²) >= 11 is 7.93. The lowest BCUT2D eigenvalue weighted by molar-refractivity contribution is 0.0724. The van der Waals surface area contributed by atoms with Crippen LogP contribution in [0.25, 0.3) is 0 Å². The van der Waals surface area contributed by atoms with Gasteiger partial charge in [-0.2, -0.15) is 0 Å². The van der Waals surface area contributed by atoms with Crippen LogP contribution < -0.4 is 0 Å². The standard InChI is InChI=1S/C20H26ClN5OS/c1-14-23-24-20(26(14)16-8-4-2-5-9-16)28-18-17(21)12-15(13-22-18)19(27)25-10-6-3-7-11-25/h12-13,16H,2-11H2,1H3. The molecule has 0 bridgehead atoms. The zero-order chi connectivity index (χ0) is 19.5. The van der Waals surface area contributed by atoms with Gasteiger partial charge in [-0.05, 0) is 56.9 Å². The third-order valence-corrected chi connectivity index (χ3v) is 7.04. The first-order valence-corrected chi connectivity index (χ1v) is 11.4. The van der Waals surface area contributed by atoms with Gasteiger partial charge < -0.3 is 9.47 Å². The Bertz CT molecular complexity index is 843. The first kappa shape index (κ1) is 19.7. The first-order valence-electron chi connectivity index (χ1n) is 10.2. The molecule has 0 radical (unpaired) electrons. The number of likely N-dealkylation sites (tertiary alicyclic amines) is 1. The molecule has 6 nitrogen and oxygen atoms in total. The molecule has 1 saturated heterocycles. The van der Waals surface area contributed by atoms with Crippen molar-refractivity contribution in [3.05, 3.63) is 28.7 Å². The normalized spacial score (nSPS) is 18.4. The quantitative estimate of drug-likeness (QED) is 0.703. The molecule has 0 atom stereocenters. The van der Waals surface area contributed by atoms with Gasteiger partial charge in [0.05, 0.1) is 10.6 Å². The van der Waals surface area contributed by atoms with E-state index < -0.39 is 0 Å². The summed E-state index contributed by atoms with van der Waals surface area (Å²) < 4.78 is 2.23. The van der Waals surface area contributed by atoms with Crippen LogP contribution in [-0.4, -0.2) is 43.6 Å². The minimum atomic E-state index is 0.0202. The predicted octanol–water partition coefficient (Wildman–Crippen LogP) is 4.92. The smallest absolute Gasteiger partial charge is 0.255 e. The van der Waals surface area contributed by atoms with Crippen molar-refractivity contribution in [2.75, 3.05) is 13.1 Å². The summed E-state index contributed by atoms with van der Waals surface area (Å²) in [5.74, 6) is 0.953. The molecular weight excluding hydrogens is 394 g/mol. The fourth-order valence-corrected chi connectivity index (χ4v) is 5.34. The Kier molecular flexibility index (Phi) is 6.21. The van der Waals surface area contributed by atoms with Gasteiger partial charge in [0.15, 0.2) is 5.16 Å². The number of nitrogens with zero attached hydrogens (tertiary/aromatic N) is 5. The van der Waals surface area contributed by atoms with Crippen LogP contribution in [0.5, 0.6) is 0 Å². The van der Waals surface area contributed by atoms with Crippen molar-refractivity contribution < 1.29 is 4.79 Å². The van der Waals surface area contributed by atoms with E-state index in [-0.39, 0.29) is 5.91 Å². The number of halogens is 1. The van der Waals surface area contributed by atoms with Crippen LogP contribution in [0.4, 0.5) is 0 Å². The zero-order valence-corrected chi connectivity index (χ0v) is 17.8. The highest BCUT2D eigenvalue weighted by molar-refractivity contribution is 7.99. The van der Waals surface area contributed by atoms with E-state index in [4.69, 9.17) is 11.6 Å². The molecule has 8 heteroatoms. The molecule has 0 spiro atoms. The SMILES string of the molecule is Cc1nnc(Sc2ncc(C(=O)N3CCCCC3)cc2Cl)n1C1CCCCC1. The van der Waals surface area contributed by atoms with Gasteiger partial charge in [0.1, 0.15) is 10.9 Å². The molecule has 1 aliphatic heterocycles. The Morgan fingerprint density at radius 2 is 1.82 bits per heavy atom. The summed E-state index contributed by atoms with van der Waals surface area (Å²) in [5, 5.41) is 10.6. The highest BCUT2D eigenvalue weighted by Crippen LogP contribution is 2.36. The van der Waals surface area contributed by atoms with E-state index in [1.165, 1.54) is 37.4 Å². The third-order valence-electron chi connectivity index (χ3n) is 5.66. The molecule has 4 rings (SSSR count). The van der Waals surface area contributed by atoms with Crippen molar-refractivity contribution in [2.45, 2.75) is 74.5 Å². The minimum absolute atomic E-state index is 0.0202. The fraction of sp³-hybridized carbons (Fsp3) is 0.600. The summed E-state index contributed by atoms with van der Waals surface area (Å²) in [6.45, 7) is 3.63. The number of aromatic nitrogens is 4. The number of amides is 1. The second-order valence-corrected chi connectivity index (χ2v) is 9.02. The van der Waals surface area contributed by atoms with Gasteiger partial charge in [-0.15, -0.1) is 10.2 Å². The van der Waals surface area contributed by atoms with Crippen molar-refractivity contribution in [2.24, 2.45) is 0 Å². The van der Waals surface area contributed by atoms with E-state index in [2.05, 4.69) is 19.7 Å². The Labute approximate surface area is 175 Å². The van der Waals surface area contributed by atoms with Crippen molar-refractivity contribution in [3.8, 4) is 0 Å². The molecule has 3 heterocycles. The number of pyridine rings is 1. The van der Waals surface area contributed by atoms with Crippen molar-refractivity contribution in [1.29, 1.82) is 0 Å². The topological polar surface area (TPSA) is 63.9 Å². The largest absolute Gasteiger partial charge is 0.339 e. The molecule has 0 aromatic carbocycles. The van der Waals surface area contributed by atoms with Gasteiger partial charge in [-0.25, -0.2) is 4.98 Å². The lowest BCUT2D eigenvalue weighted by Crippen LogP contribution is -2.35. The second-order valence-electron chi connectivity index (χ2n) is 7.66. The van der Waals surface area contributed by atoms with Gasteiger partial charge in [0, 0.05) is 25.3 Å². The molecule has 0 unspecified atom stereocenters. The molecule has 2 aliphatic rings. The Morgan fingerprint density at radius 1 is 1.11 bits per heavy atom. The number of hydrogen-bond acceptors (Lipinski definition) is 5. The summed E-state index contributed by atoms with van der Waals surface area (Å²) in [7, 11) is 0. The third kappa shape index (κ3) is 4.20. The molecule has 0 N–H and O–H groups in total. The molecule has 150 valence electrons. The number of carbonyl (C=O) groups is 1. The lowest BCUT2D eigenvalue weighted by Gasteiger charge is -2.26. The maximum absolute atomic E-state index is 12.7. The minimum Gasteiger partial charge on any atom is -0.339 e. The van der Waals surface area contributed by atoms with Crippen LogP contribution in [0.15, 0.2) is 22.4 Å². The van der Waals surface area contributed by atoms with Gasteiger partial charge in [0.25, 0.3) is 5.91 Å². The summed E-state index contributed by atoms with van der Waals surface area (Å²) in [4.78, 5) is 19.1. The molecule has 1 amide bonds. The molecule has 1 saturated carbocycles. The van der Waals surface area contributed by atoms with Crippen LogP contribution in [-0.2, 0) is 0 Å². The highest BCUT2D eigenvalue weighted by atomic mass is 35.5. The summed E-state index contributed by atoms with van der Waals surface area (Å²) in [6.07, 6.45) is 11.1. The molecular formula is C20H26ClN5OS. The van der Waals surface area contributed by atoms with E-state index in [0.29, 0.717) is 21.7 Å². The van der Waals surface area contributed by atoms with Crippen molar-refractivity contribution in [3.63, 3.8) is 0 Å². The summed E-state index contributed by atoms with van der Waals surface area (Å²) in [6, 6.07) is 2.19. The zero-order valence-electron chi connectivity index (χ0n) is 16.2. The van der Waals surface area contributed by atoms with Gasteiger partial charge in [-0.1, -0.05) is 30.9 Å². The second kappa shape index (κ2) is 8.82. The van der Waals surface area contributed by atoms with E-state index in [9.17, 15) is 4.79 Å². The molecule has 2 aromatic rings. The van der Waals surface area contributed by atoms with E-state index in [1.54, 1.807) is 12.3 Å². The van der Waals surface area contributed by atoms with Crippen molar-refractivity contribution in [1.82, 2.24) is 24.6 Å². The number of piperidine rings is 1. The van der Waals surface area contributed by atoms with E-state index in [1.807, 2.05) is 11.8 Å². The monoisotopic (exact) mass is 419 g/mol. The average molecular weight is 420 g/mol. The van der Waals surface area contributed by atoms with Crippen LogP contribution >= 0.6 is 23.4 Å². The highest BCUT2D eigenvalue weighted by Gasteiger charge is 2.24. The molecule has 1 aliphatic carbocycles. The van der Waals surface area contributed by atoms with Gasteiger partial charge in [-0.3, -0.25) is 4.79 Å². The van der Waals surface area contributed by atoms with Crippen molar-refractivity contribution >= 4 is 29.3 Å². The van der Waals surface area contributed by atoms with Crippen LogP contribution in [0, 0.1) is 6.92 Å². The molecule has 2 fully saturated rings. The van der Waals surface area contributed by atoms with Crippen LogP contribution in [0.2, 0.25) is 5.02 Å². The van der Waals surface area contributed by atoms with E-state index in [0.717, 1.165) is 49.8 Å². The van der Waals surface area contributed by atoms with Gasteiger partial charge in [0.2, 0.25) is 0 Å². The number of hydrogen-bond donors (Lipinski definition) is 0. The number of aryl methyl sites for hydroxylation is 1. The summed E-state index contributed by atoms with van der Waals surface area (Å²) in [5.41, 5.74) is 0.557. The van der Waals surface area contributed by atoms with E-state index >= 15 is 0 Å². The van der Waals surface area contributed by atoms with Gasteiger partial charge >= 0.3 is 0 Å². The maximum Gasteiger partial charge on any atom is 0.255 e. The first-order chi connectivity index (χ1) is 13.6. The number of carbonyl (C=O) groups excluding carboxylic acids is 1. The number of rotatable bonds is 4.